The van der Waals surface area contributed by atoms with E-state index in [9.17, 15) is 0 Å². The van der Waals surface area contributed by atoms with Crippen LogP contribution in [0.4, 0.5) is 5.69 Å². The van der Waals surface area contributed by atoms with Crippen molar-refractivity contribution < 1.29 is 4.74 Å². The van der Waals surface area contributed by atoms with Crippen LogP contribution >= 0.6 is 0 Å². The molecule has 0 spiro atoms. The molecule has 2 aromatic carbocycles. The van der Waals surface area contributed by atoms with Crippen LogP contribution in [0.25, 0.3) is 0 Å². The second-order valence-electron chi connectivity index (χ2n) is 3.99. The van der Waals surface area contributed by atoms with Crippen molar-refractivity contribution in [2.45, 2.75) is 20.0 Å². The van der Waals surface area contributed by atoms with Gasteiger partial charge in [0.25, 0.3) is 0 Å². The van der Waals surface area contributed by atoms with Gasteiger partial charge in [0.2, 0.25) is 0 Å². The van der Waals surface area contributed by atoms with Crippen LogP contribution < -0.4 is 10.5 Å². The maximum absolute atomic E-state index is 5.86. The molecule has 0 saturated carbocycles. The summed E-state index contributed by atoms with van der Waals surface area (Å²) >= 11 is 0. The Labute approximate surface area is 102 Å². The summed E-state index contributed by atoms with van der Waals surface area (Å²) < 4.78 is 5.74. The number of nitrogen functional groups attached to an aromatic ring is 1. The average molecular weight is 227 g/mol. The summed E-state index contributed by atoms with van der Waals surface area (Å²) in [4.78, 5) is 0. The molecule has 0 saturated heterocycles. The normalized spacial score (nSPS) is 10.2. The van der Waals surface area contributed by atoms with Crippen molar-refractivity contribution in [1.82, 2.24) is 0 Å². The highest BCUT2D eigenvalue weighted by Gasteiger charge is 2.00. The topological polar surface area (TPSA) is 35.2 Å². The molecule has 2 nitrogen and oxygen atoms in total. The molecule has 0 amide bonds. The zero-order valence-corrected chi connectivity index (χ0v) is 10.0. The molecule has 2 N–H and O–H groups in total. The van der Waals surface area contributed by atoms with Crippen molar-refractivity contribution in [3.8, 4) is 5.75 Å². The van der Waals surface area contributed by atoms with Gasteiger partial charge in [0.05, 0.1) is 0 Å². The quantitative estimate of drug-likeness (QED) is 0.812. The molecule has 2 aromatic rings. The third-order valence-corrected chi connectivity index (χ3v) is 2.76. The first-order valence-corrected chi connectivity index (χ1v) is 5.84. The van der Waals surface area contributed by atoms with Crippen LogP contribution in [0.15, 0.2) is 48.5 Å². The molecule has 0 aliphatic carbocycles. The first-order valence-electron chi connectivity index (χ1n) is 5.84. The molecule has 0 aromatic heterocycles. The molecule has 2 heteroatoms. The van der Waals surface area contributed by atoms with Gasteiger partial charge < -0.3 is 10.5 Å². The number of para-hydroxylation sites is 1. The van der Waals surface area contributed by atoms with Crippen LogP contribution in [-0.4, -0.2) is 0 Å². The predicted molar refractivity (Wildman–Crippen MR) is 71.0 cm³/mol. The molecule has 0 bridgehead atoms. The third-order valence-electron chi connectivity index (χ3n) is 2.76. The number of hydrogen-bond donors (Lipinski definition) is 1. The molecule has 0 aliphatic rings. The Morgan fingerprint density at radius 3 is 2.65 bits per heavy atom. The monoisotopic (exact) mass is 227 g/mol. The number of nitrogens with two attached hydrogens (primary N) is 1. The van der Waals surface area contributed by atoms with Gasteiger partial charge in [-0.15, -0.1) is 0 Å². The maximum atomic E-state index is 5.86. The Hall–Kier alpha value is -1.96. The molecule has 0 heterocycles. The van der Waals surface area contributed by atoms with Crippen LogP contribution in [0.2, 0.25) is 0 Å². The Morgan fingerprint density at radius 2 is 1.88 bits per heavy atom. The fourth-order valence-corrected chi connectivity index (χ4v) is 1.68. The van der Waals surface area contributed by atoms with Gasteiger partial charge in [-0.1, -0.05) is 37.3 Å². The predicted octanol–water partition coefficient (Wildman–Crippen LogP) is 3.41. The van der Waals surface area contributed by atoms with Gasteiger partial charge in [0.1, 0.15) is 12.4 Å². The van der Waals surface area contributed by atoms with E-state index in [-0.39, 0.29) is 0 Å². The minimum atomic E-state index is 0.514. The minimum absolute atomic E-state index is 0.514. The maximum Gasteiger partial charge on any atom is 0.120 e. The van der Waals surface area contributed by atoms with Crippen LogP contribution in [0, 0.1) is 0 Å². The van der Waals surface area contributed by atoms with Crippen molar-refractivity contribution in [3.63, 3.8) is 0 Å². The molecule has 0 aliphatic heterocycles. The summed E-state index contributed by atoms with van der Waals surface area (Å²) in [5, 5.41) is 0. The molecule has 2 rings (SSSR count). The molecule has 88 valence electrons. The standard InChI is InChI=1S/C15H17NO/c1-2-12-6-5-8-14(10-12)17-11-13-7-3-4-9-15(13)16/h3-10H,2,11,16H2,1H3. The molecule has 0 unspecified atom stereocenters. The van der Waals surface area contributed by atoms with E-state index in [0.29, 0.717) is 6.61 Å². The summed E-state index contributed by atoms with van der Waals surface area (Å²) in [6, 6.07) is 15.9. The lowest BCUT2D eigenvalue weighted by Gasteiger charge is -2.09. The summed E-state index contributed by atoms with van der Waals surface area (Å²) in [5.74, 6) is 0.896. The smallest absolute Gasteiger partial charge is 0.120 e. The highest BCUT2D eigenvalue weighted by atomic mass is 16.5. The summed E-state index contributed by atoms with van der Waals surface area (Å²) in [6.07, 6.45) is 1.02. The van der Waals surface area contributed by atoms with E-state index in [1.807, 2.05) is 36.4 Å². The third kappa shape index (κ3) is 3.00. The Morgan fingerprint density at radius 1 is 1.06 bits per heavy atom. The average Bonchev–Trinajstić information content (AvgIpc) is 2.38. The summed E-state index contributed by atoms with van der Waals surface area (Å²) in [6.45, 7) is 2.65. The summed E-state index contributed by atoms with van der Waals surface area (Å²) in [7, 11) is 0. The van der Waals surface area contributed by atoms with Crippen molar-refractivity contribution in [3.05, 3.63) is 59.7 Å². The molecule has 0 radical (unpaired) electrons. The molecule has 0 atom stereocenters. The fourth-order valence-electron chi connectivity index (χ4n) is 1.68. The number of benzene rings is 2. The van der Waals surface area contributed by atoms with Gasteiger partial charge in [0.15, 0.2) is 0 Å². The number of ether oxygens (including phenoxy) is 1. The van der Waals surface area contributed by atoms with E-state index in [2.05, 4.69) is 19.1 Å². The lowest BCUT2D eigenvalue weighted by molar-refractivity contribution is 0.306. The van der Waals surface area contributed by atoms with Gasteiger partial charge in [-0.2, -0.15) is 0 Å². The van der Waals surface area contributed by atoms with E-state index < -0.39 is 0 Å². The minimum Gasteiger partial charge on any atom is -0.489 e. The second kappa shape index (κ2) is 5.39. The fraction of sp³-hybridized carbons (Fsp3) is 0.200. The second-order valence-corrected chi connectivity index (χ2v) is 3.99. The molecule has 0 fully saturated rings. The SMILES string of the molecule is CCc1cccc(OCc2ccccc2N)c1. The number of hydrogen-bond acceptors (Lipinski definition) is 2. The lowest BCUT2D eigenvalue weighted by Crippen LogP contribution is -2.00. The molecular weight excluding hydrogens is 210 g/mol. The number of rotatable bonds is 4. The number of anilines is 1. The van der Waals surface area contributed by atoms with Crippen molar-refractivity contribution in [2.75, 3.05) is 5.73 Å². The first kappa shape index (κ1) is 11.5. The molecular formula is C15H17NO. The van der Waals surface area contributed by atoms with Gasteiger partial charge in [-0.05, 0) is 30.2 Å². The van der Waals surface area contributed by atoms with Crippen molar-refractivity contribution in [1.29, 1.82) is 0 Å². The largest absolute Gasteiger partial charge is 0.489 e. The lowest BCUT2D eigenvalue weighted by atomic mass is 10.1. The Bertz CT molecular complexity index is 494. The van der Waals surface area contributed by atoms with Crippen LogP contribution in [0.3, 0.4) is 0 Å². The van der Waals surface area contributed by atoms with E-state index in [1.54, 1.807) is 0 Å². The van der Waals surface area contributed by atoms with E-state index >= 15 is 0 Å². The zero-order valence-electron chi connectivity index (χ0n) is 10.0. The van der Waals surface area contributed by atoms with E-state index in [1.165, 1.54) is 5.56 Å². The van der Waals surface area contributed by atoms with Gasteiger partial charge in [-0.25, -0.2) is 0 Å². The van der Waals surface area contributed by atoms with Crippen LogP contribution in [0.5, 0.6) is 5.75 Å². The van der Waals surface area contributed by atoms with Crippen LogP contribution in [0.1, 0.15) is 18.1 Å². The van der Waals surface area contributed by atoms with Crippen molar-refractivity contribution >= 4 is 5.69 Å². The van der Waals surface area contributed by atoms with Gasteiger partial charge in [0, 0.05) is 11.3 Å². The van der Waals surface area contributed by atoms with Gasteiger partial charge in [-0.3, -0.25) is 0 Å². The summed E-state index contributed by atoms with van der Waals surface area (Å²) in [5.41, 5.74) is 8.94. The Kier molecular flexibility index (Phi) is 3.66. The van der Waals surface area contributed by atoms with Gasteiger partial charge >= 0.3 is 0 Å². The first-order chi connectivity index (χ1) is 8.29. The Balaban J connectivity index is 2.05. The highest BCUT2D eigenvalue weighted by Crippen LogP contribution is 2.17. The molecule has 17 heavy (non-hydrogen) atoms. The number of aryl methyl sites for hydroxylation is 1. The van der Waals surface area contributed by atoms with E-state index in [4.69, 9.17) is 10.5 Å². The highest BCUT2D eigenvalue weighted by molar-refractivity contribution is 5.46. The van der Waals surface area contributed by atoms with Crippen molar-refractivity contribution in [2.24, 2.45) is 0 Å². The van der Waals surface area contributed by atoms with Crippen LogP contribution in [-0.2, 0) is 13.0 Å². The zero-order chi connectivity index (χ0) is 12.1. The van der Waals surface area contributed by atoms with E-state index in [0.717, 1.165) is 23.4 Å².